The Kier molecular flexibility index (Phi) is 4.30. The van der Waals surface area contributed by atoms with Gasteiger partial charge in [0.25, 0.3) is 0 Å². The van der Waals surface area contributed by atoms with E-state index in [0.717, 1.165) is 18.8 Å². The first-order valence-electron chi connectivity index (χ1n) is 5.76. The highest BCUT2D eigenvalue weighted by Gasteiger charge is 2.22. The minimum Gasteiger partial charge on any atom is -0.369 e. The van der Waals surface area contributed by atoms with Crippen LogP contribution in [0.1, 0.15) is 25.7 Å². The van der Waals surface area contributed by atoms with E-state index in [0.29, 0.717) is 16.3 Å². The third-order valence-corrected chi connectivity index (χ3v) is 3.99. The second-order valence-corrected chi connectivity index (χ2v) is 5.24. The van der Waals surface area contributed by atoms with Crippen LogP contribution in [0.15, 0.2) is 18.3 Å². The van der Waals surface area contributed by atoms with Crippen LogP contribution in [0.3, 0.4) is 0 Å². The van der Waals surface area contributed by atoms with Crippen molar-refractivity contribution in [3.05, 3.63) is 23.4 Å². The van der Waals surface area contributed by atoms with Crippen LogP contribution < -0.4 is 5.32 Å². The molecular weight excluding hydrogens is 243 g/mol. The van der Waals surface area contributed by atoms with Crippen molar-refractivity contribution in [2.24, 2.45) is 5.92 Å². The third-order valence-electron chi connectivity index (χ3n) is 3.11. The normalized spacial score (nSPS) is 25.4. The molecule has 1 aliphatic rings. The first-order chi connectivity index (χ1) is 7.77. The van der Waals surface area contributed by atoms with Gasteiger partial charge in [0.2, 0.25) is 0 Å². The summed E-state index contributed by atoms with van der Waals surface area (Å²) in [6.45, 7) is 0.866. The maximum Gasteiger partial charge on any atom is 0.144 e. The fourth-order valence-corrected chi connectivity index (χ4v) is 2.69. The summed E-state index contributed by atoms with van der Waals surface area (Å²) in [7, 11) is 0. The van der Waals surface area contributed by atoms with Crippen LogP contribution >= 0.6 is 23.2 Å². The van der Waals surface area contributed by atoms with Gasteiger partial charge in [0, 0.05) is 18.1 Å². The van der Waals surface area contributed by atoms with Crippen molar-refractivity contribution < 1.29 is 0 Å². The van der Waals surface area contributed by atoms with Crippen molar-refractivity contribution in [3.63, 3.8) is 0 Å². The number of hydrogen-bond donors (Lipinski definition) is 1. The summed E-state index contributed by atoms with van der Waals surface area (Å²) < 4.78 is 0. The third kappa shape index (κ3) is 3.02. The van der Waals surface area contributed by atoms with Crippen molar-refractivity contribution in [3.8, 4) is 0 Å². The monoisotopic (exact) mass is 258 g/mol. The van der Waals surface area contributed by atoms with Gasteiger partial charge in [0.1, 0.15) is 5.82 Å². The second kappa shape index (κ2) is 5.74. The highest BCUT2D eigenvalue weighted by molar-refractivity contribution is 6.32. The highest BCUT2D eigenvalue weighted by atomic mass is 35.5. The van der Waals surface area contributed by atoms with Gasteiger partial charge < -0.3 is 5.32 Å². The van der Waals surface area contributed by atoms with Crippen molar-refractivity contribution in [2.75, 3.05) is 11.9 Å². The largest absolute Gasteiger partial charge is 0.369 e. The lowest BCUT2D eigenvalue weighted by Crippen LogP contribution is -2.27. The van der Waals surface area contributed by atoms with Gasteiger partial charge >= 0.3 is 0 Å². The molecule has 88 valence electrons. The maximum atomic E-state index is 6.30. The molecule has 2 atom stereocenters. The molecular formula is C12H16Cl2N2. The second-order valence-electron chi connectivity index (χ2n) is 4.28. The van der Waals surface area contributed by atoms with Crippen LogP contribution in [0.2, 0.25) is 5.02 Å². The molecule has 2 unspecified atom stereocenters. The predicted octanol–water partition coefficient (Wildman–Crippen LogP) is 3.94. The molecule has 0 amide bonds. The zero-order valence-corrected chi connectivity index (χ0v) is 10.6. The van der Waals surface area contributed by atoms with Gasteiger partial charge in [-0.3, -0.25) is 0 Å². The summed E-state index contributed by atoms with van der Waals surface area (Å²) >= 11 is 12.3. The van der Waals surface area contributed by atoms with E-state index in [-0.39, 0.29) is 0 Å². The number of halogens is 2. The first-order valence-corrected chi connectivity index (χ1v) is 6.57. The zero-order chi connectivity index (χ0) is 11.4. The maximum absolute atomic E-state index is 6.30. The SMILES string of the molecule is Clc1cccnc1NCC1CCCCC1Cl. The summed E-state index contributed by atoms with van der Waals surface area (Å²) in [6.07, 6.45) is 6.61. The number of nitrogens with zero attached hydrogens (tertiary/aromatic N) is 1. The first kappa shape index (κ1) is 12.0. The minimum atomic E-state index is 0.295. The van der Waals surface area contributed by atoms with Crippen LogP contribution in [0, 0.1) is 5.92 Å². The van der Waals surface area contributed by atoms with Gasteiger partial charge in [-0.05, 0) is 30.9 Å². The number of pyridine rings is 1. The van der Waals surface area contributed by atoms with Gasteiger partial charge in [0.15, 0.2) is 0 Å². The van der Waals surface area contributed by atoms with Crippen molar-refractivity contribution in [2.45, 2.75) is 31.1 Å². The average Bonchev–Trinajstić information content (AvgIpc) is 2.30. The van der Waals surface area contributed by atoms with Gasteiger partial charge in [-0.1, -0.05) is 24.4 Å². The Hall–Kier alpha value is -0.470. The lowest BCUT2D eigenvalue weighted by Gasteiger charge is -2.27. The summed E-state index contributed by atoms with van der Waals surface area (Å²) in [5.74, 6) is 1.30. The molecule has 1 aliphatic carbocycles. The van der Waals surface area contributed by atoms with E-state index in [9.17, 15) is 0 Å². The molecule has 0 aromatic carbocycles. The van der Waals surface area contributed by atoms with E-state index in [1.54, 1.807) is 6.20 Å². The topological polar surface area (TPSA) is 24.9 Å². The molecule has 1 fully saturated rings. The predicted molar refractivity (Wildman–Crippen MR) is 69.3 cm³/mol. The molecule has 1 saturated carbocycles. The van der Waals surface area contributed by atoms with Gasteiger partial charge in [-0.2, -0.15) is 0 Å². The van der Waals surface area contributed by atoms with E-state index >= 15 is 0 Å². The van der Waals surface area contributed by atoms with E-state index in [4.69, 9.17) is 23.2 Å². The van der Waals surface area contributed by atoms with Gasteiger partial charge in [-0.15, -0.1) is 11.6 Å². The zero-order valence-electron chi connectivity index (χ0n) is 9.13. The minimum absolute atomic E-state index is 0.295. The lowest BCUT2D eigenvalue weighted by molar-refractivity contribution is 0.380. The van der Waals surface area contributed by atoms with Crippen molar-refractivity contribution >= 4 is 29.0 Å². The van der Waals surface area contributed by atoms with Crippen LogP contribution in [0.4, 0.5) is 5.82 Å². The quantitative estimate of drug-likeness (QED) is 0.831. The Labute approximate surface area is 106 Å². The summed E-state index contributed by atoms with van der Waals surface area (Å²) in [4.78, 5) is 4.20. The van der Waals surface area contributed by atoms with Crippen LogP contribution in [-0.2, 0) is 0 Å². The summed E-state index contributed by atoms with van der Waals surface area (Å²) in [5.41, 5.74) is 0. The van der Waals surface area contributed by atoms with Gasteiger partial charge in [0.05, 0.1) is 5.02 Å². The number of hydrogen-bond acceptors (Lipinski definition) is 2. The average molecular weight is 259 g/mol. The standard InChI is InChI=1S/C12H16Cl2N2/c13-10-5-2-1-4-9(10)8-16-12-11(14)6-3-7-15-12/h3,6-7,9-10H,1-2,4-5,8H2,(H,15,16). The molecule has 0 spiro atoms. The van der Waals surface area contributed by atoms with E-state index in [1.807, 2.05) is 12.1 Å². The summed E-state index contributed by atoms with van der Waals surface area (Å²) in [5, 5.41) is 4.25. The molecule has 1 aromatic heterocycles. The fraction of sp³-hybridized carbons (Fsp3) is 0.583. The van der Waals surface area contributed by atoms with Gasteiger partial charge in [-0.25, -0.2) is 4.98 Å². The Morgan fingerprint density at radius 1 is 1.38 bits per heavy atom. The number of aromatic nitrogens is 1. The van der Waals surface area contributed by atoms with Crippen molar-refractivity contribution in [1.82, 2.24) is 4.98 Å². The molecule has 0 aliphatic heterocycles. The smallest absolute Gasteiger partial charge is 0.144 e. The van der Waals surface area contributed by atoms with Crippen LogP contribution in [0.5, 0.6) is 0 Å². The Morgan fingerprint density at radius 2 is 2.19 bits per heavy atom. The molecule has 0 bridgehead atoms. The molecule has 0 saturated heterocycles. The van der Waals surface area contributed by atoms with Crippen molar-refractivity contribution in [1.29, 1.82) is 0 Å². The Balaban J connectivity index is 1.89. The Morgan fingerprint density at radius 3 is 2.94 bits per heavy atom. The molecule has 0 radical (unpaired) electrons. The van der Waals surface area contributed by atoms with Crippen LogP contribution in [-0.4, -0.2) is 16.9 Å². The highest BCUT2D eigenvalue weighted by Crippen LogP contribution is 2.29. The molecule has 1 heterocycles. The molecule has 16 heavy (non-hydrogen) atoms. The molecule has 2 nitrogen and oxygen atoms in total. The fourth-order valence-electron chi connectivity index (χ4n) is 2.14. The number of anilines is 1. The van der Waals surface area contributed by atoms with Crippen LogP contribution in [0.25, 0.3) is 0 Å². The number of nitrogens with one attached hydrogen (secondary N) is 1. The molecule has 2 rings (SSSR count). The number of alkyl halides is 1. The van der Waals surface area contributed by atoms with E-state index < -0.39 is 0 Å². The van der Waals surface area contributed by atoms with E-state index in [2.05, 4.69) is 10.3 Å². The molecule has 1 aromatic rings. The molecule has 4 heteroatoms. The van der Waals surface area contributed by atoms with E-state index in [1.165, 1.54) is 19.3 Å². The lowest BCUT2D eigenvalue weighted by atomic mass is 9.89. The Bertz CT molecular complexity index is 344. The number of rotatable bonds is 3. The summed E-state index contributed by atoms with van der Waals surface area (Å²) in [6, 6.07) is 3.68. The molecule has 1 N–H and O–H groups in total.